The summed E-state index contributed by atoms with van der Waals surface area (Å²) >= 11 is 0. The Bertz CT molecular complexity index is 1390. The molecule has 2 aromatic carbocycles. The topological polar surface area (TPSA) is 129 Å². The van der Waals surface area contributed by atoms with Crippen molar-refractivity contribution in [3.8, 4) is 22.4 Å². The maximum absolute atomic E-state index is 13.6. The van der Waals surface area contributed by atoms with Gasteiger partial charge in [0.1, 0.15) is 11.7 Å². The molecule has 214 valence electrons. The fourth-order valence-electron chi connectivity index (χ4n) is 4.62. The van der Waals surface area contributed by atoms with Crippen LogP contribution >= 0.6 is 0 Å². The highest BCUT2D eigenvalue weighted by atomic mass is 16.6. The Morgan fingerprint density at radius 3 is 2.20 bits per heavy atom. The molecular weight excluding hydrogens is 524 g/mol. The van der Waals surface area contributed by atoms with Crippen molar-refractivity contribution in [2.24, 2.45) is 0 Å². The minimum absolute atomic E-state index is 0.0822. The molecule has 10 nitrogen and oxygen atoms in total. The fourth-order valence-corrected chi connectivity index (χ4v) is 4.62. The zero-order chi connectivity index (χ0) is 29.4. The molecule has 1 aliphatic rings. The number of carboxylic acid groups (broad SMARTS) is 1. The van der Waals surface area contributed by atoms with Crippen LogP contribution in [0.2, 0.25) is 0 Å². The number of amides is 3. The predicted molar refractivity (Wildman–Crippen MR) is 153 cm³/mol. The number of carbonyl (C=O) groups excluding carboxylic acids is 3. The Labute approximate surface area is 238 Å². The van der Waals surface area contributed by atoms with Gasteiger partial charge in [0.2, 0.25) is 5.91 Å². The third-order valence-electron chi connectivity index (χ3n) is 6.88. The first-order valence-corrected chi connectivity index (χ1v) is 13.6. The number of benzene rings is 2. The highest BCUT2D eigenvalue weighted by Gasteiger charge is 2.31. The van der Waals surface area contributed by atoms with Gasteiger partial charge in [-0.1, -0.05) is 60.2 Å². The van der Waals surface area contributed by atoms with Crippen LogP contribution in [0.4, 0.5) is 4.79 Å². The molecule has 3 amide bonds. The maximum Gasteiger partial charge on any atom is 0.409 e. The summed E-state index contributed by atoms with van der Waals surface area (Å²) < 4.78 is 5.03. The first kappa shape index (κ1) is 29.3. The second kappa shape index (κ2) is 13.6. The molecule has 1 aromatic heterocycles. The SMILES string of the molecule is CCOC(=O)N1CCN(C(=O)C(CCC(=O)O)NC(=O)c2cc(-c3ccccc3)cc(-c3ccc(C)cc3)n2)CC1. The quantitative estimate of drug-likeness (QED) is 0.406. The number of hydrogen-bond donors (Lipinski definition) is 2. The Balaban J connectivity index is 1.58. The molecular formula is C31H34N4O6. The molecule has 0 saturated carbocycles. The third kappa shape index (κ3) is 7.69. The van der Waals surface area contributed by atoms with Crippen molar-refractivity contribution >= 4 is 23.9 Å². The van der Waals surface area contributed by atoms with Crippen molar-refractivity contribution < 1.29 is 29.0 Å². The molecule has 0 spiro atoms. The van der Waals surface area contributed by atoms with Crippen molar-refractivity contribution in [1.29, 1.82) is 0 Å². The van der Waals surface area contributed by atoms with E-state index in [1.165, 1.54) is 9.80 Å². The average Bonchev–Trinajstić information content (AvgIpc) is 2.99. The molecule has 2 heterocycles. The molecule has 1 atom stereocenters. The van der Waals surface area contributed by atoms with Crippen LogP contribution in [-0.4, -0.2) is 82.6 Å². The smallest absolute Gasteiger partial charge is 0.409 e. The van der Waals surface area contributed by atoms with E-state index in [2.05, 4.69) is 10.3 Å². The first-order valence-electron chi connectivity index (χ1n) is 13.6. The summed E-state index contributed by atoms with van der Waals surface area (Å²) in [5.41, 5.74) is 4.32. The summed E-state index contributed by atoms with van der Waals surface area (Å²) in [6, 6.07) is 19.9. The largest absolute Gasteiger partial charge is 0.481 e. The van der Waals surface area contributed by atoms with Crippen LogP contribution in [0.5, 0.6) is 0 Å². The van der Waals surface area contributed by atoms with Gasteiger partial charge in [-0.3, -0.25) is 14.4 Å². The van der Waals surface area contributed by atoms with Gasteiger partial charge in [-0.25, -0.2) is 9.78 Å². The zero-order valence-electron chi connectivity index (χ0n) is 23.2. The molecule has 1 fully saturated rings. The number of aliphatic carboxylic acids is 1. The maximum atomic E-state index is 13.6. The average molecular weight is 559 g/mol. The number of aromatic nitrogens is 1. The lowest BCUT2D eigenvalue weighted by molar-refractivity contribution is -0.138. The molecule has 41 heavy (non-hydrogen) atoms. The van der Waals surface area contributed by atoms with Gasteiger partial charge in [-0.05, 0) is 43.5 Å². The van der Waals surface area contributed by atoms with E-state index in [-0.39, 0.29) is 51.3 Å². The number of nitrogens with zero attached hydrogens (tertiary/aromatic N) is 3. The van der Waals surface area contributed by atoms with E-state index in [1.807, 2.05) is 67.6 Å². The number of rotatable bonds is 9. The second-order valence-electron chi connectivity index (χ2n) is 9.83. The number of ether oxygens (including phenoxy) is 1. The van der Waals surface area contributed by atoms with E-state index in [0.29, 0.717) is 5.69 Å². The molecule has 3 aromatic rings. The Morgan fingerprint density at radius 1 is 0.902 bits per heavy atom. The van der Waals surface area contributed by atoms with Crippen molar-refractivity contribution in [3.63, 3.8) is 0 Å². The van der Waals surface area contributed by atoms with Crippen LogP contribution in [0.1, 0.15) is 35.8 Å². The lowest BCUT2D eigenvalue weighted by Crippen LogP contribution is -2.56. The predicted octanol–water partition coefficient (Wildman–Crippen LogP) is 3.99. The van der Waals surface area contributed by atoms with Crippen LogP contribution in [0.25, 0.3) is 22.4 Å². The number of nitrogens with one attached hydrogen (secondary N) is 1. The van der Waals surface area contributed by atoms with Crippen LogP contribution in [0.3, 0.4) is 0 Å². The van der Waals surface area contributed by atoms with Crippen LogP contribution < -0.4 is 5.32 Å². The van der Waals surface area contributed by atoms with Crippen molar-refractivity contribution in [2.75, 3.05) is 32.8 Å². The van der Waals surface area contributed by atoms with Gasteiger partial charge in [-0.15, -0.1) is 0 Å². The van der Waals surface area contributed by atoms with E-state index in [9.17, 15) is 24.3 Å². The minimum atomic E-state index is -1.07. The highest BCUT2D eigenvalue weighted by Crippen LogP contribution is 2.26. The van der Waals surface area contributed by atoms with E-state index >= 15 is 0 Å². The Kier molecular flexibility index (Phi) is 9.68. The number of piperazine rings is 1. The number of aryl methyl sites for hydroxylation is 1. The molecule has 1 saturated heterocycles. The highest BCUT2D eigenvalue weighted by molar-refractivity contribution is 5.98. The summed E-state index contributed by atoms with van der Waals surface area (Å²) in [7, 11) is 0. The molecule has 2 N–H and O–H groups in total. The van der Waals surface area contributed by atoms with Gasteiger partial charge < -0.3 is 25.0 Å². The molecule has 0 aliphatic carbocycles. The van der Waals surface area contributed by atoms with E-state index in [0.717, 1.165) is 22.3 Å². The minimum Gasteiger partial charge on any atom is -0.481 e. The van der Waals surface area contributed by atoms with Gasteiger partial charge in [0, 0.05) is 38.2 Å². The molecule has 1 unspecified atom stereocenters. The molecule has 10 heteroatoms. The Morgan fingerprint density at radius 2 is 1.56 bits per heavy atom. The molecule has 0 bridgehead atoms. The van der Waals surface area contributed by atoms with Gasteiger partial charge in [0.15, 0.2) is 0 Å². The van der Waals surface area contributed by atoms with Crippen LogP contribution in [0.15, 0.2) is 66.7 Å². The summed E-state index contributed by atoms with van der Waals surface area (Å²) in [6.45, 7) is 5.03. The summed E-state index contributed by atoms with van der Waals surface area (Å²) in [6.07, 6.45) is -0.823. The number of hydrogen-bond acceptors (Lipinski definition) is 6. The number of pyridine rings is 1. The summed E-state index contributed by atoms with van der Waals surface area (Å²) in [4.78, 5) is 58.1. The van der Waals surface area contributed by atoms with Gasteiger partial charge >= 0.3 is 12.1 Å². The fraction of sp³-hybridized carbons (Fsp3) is 0.323. The van der Waals surface area contributed by atoms with E-state index in [4.69, 9.17) is 4.74 Å². The Hall–Kier alpha value is -4.73. The normalized spacial score (nSPS) is 13.8. The number of carbonyl (C=O) groups is 4. The van der Waals surface area contributed by atoms with Gasteiger partial charge in [0.25, 0.3) is 5.91 Å². The van der Waals surface area contributed by atoms with Crippen molar-refractivity contribution in [1.82, 2.24) is 20.1 Å². The monoisotopic (exact) mass is 558 g/mol. The van der Waals surface area contributed by atoms with E-state index < -0.39 is 29.9 Å². The molecule has 4 rings (SSSR count). The van der Waals surface area contributed by atoms with E-state index in [1.54, 1.807) is 13.0 Å². The second-order valence-corrected chi connectivity index (χ2v) is 9.83. The van der Waals surface area contributed by atoms with Gasteiger partial charge in [-0.2, -0.15) is 0 Å². The van der Waals surface area contributed by atoms with Gasteiger partial charge in [0.05, 0.1) is 12.3 Å². The zero-order valence-corrected chi connectivity index (χ0v) is 23.2. The molecule has 1 aliphatic heterocycles. The lowest BCUT2D eigenvalue weighted by atomic mass is 10.0. The van der Waals surface area contributed by atoms with Crippen LogP contribution in [0, 0.1) is 6.92 Å². The third-order valence-corrected chi connectivity index (χ3v) is 6.88. The summed E-state index contributed by atoms with van der Waals surface area (Å²) in [5.74, 6) is -2.05. The van der Waals surface area contributed by atoms with Crippen molar-refractivity contribution in [3.05, 3.63) is 78.0 Å². The van der Waals surface area contributed by atoms with Crippen molar-refractivity contribution in [2.45, 2.75) is 32.7 Å². The first-order chi connectivity index (χ1) is 19.7. The standard InChI is InChI=1S/C31H34N4O6/c1-3-41-31(40)35-17-15-34(16-18-35)30(39)25(13-14-28(36)37)33-29(38)27-20-24(22-7-5-4-6-8-22)19-26(32-27)23-11-9-21(2)10-12-23/h4-12,19-20,25H,3,13-18H2,1-2H3,(H,33,38)(H,36,37). The summed E-state index contributed by atoms with van der Waals surface area (Å²) in [5, 5.41) is 12.0. The molecule has 0 radical (unpaired) electrons. The van der Waals surface area contributed by atoms with Crippen LogP contribution in [-0.2, 0) is 14.3 Å². The lowest BCUT2D eigenvalue weighted by Gasteiger charge is -2.35. The number of carboxylic acids is 1.